The maximum absolute atomic E-state index is 12.8. The van der Waals surface area contributed by atoms with Gasteiger partial charge in [-0.15, -0.1) is 0 Å². The molecular formula is C26H26N2O6. The number of esters is 1. The Kier molecular flexibility index (Phi) is 5.81. The lowest BCUT2D eigenvalue weighted by Crippen LogP contribution is -2.30. The van der Waals surface area contributed by atoms with Crippen molar-refractivity contribution in [2.24, 2.45) is 17.8 Å². The number of carbonyl (C=O) groups is 4. The Balaban J connectivity index is 1.24. The van der Waals surface area contributed by atoms with Crippen molar-refractivity contribution in [1.82, 2.24) is 0 Å². The van der Waals surface area contributed by atoms with Gasteiger partial charge < -0.3 is 14.4 Å². The average Bonchev–Trinajstić information content (AvgIpc) is 3.37. The van der Waals surface area contributed by atoms with Crippen molar-refractivity contribution >= 4 is 35.1 Å². The fraction of sp³-hybridized carbons (Fsp3) is 0.385. The van der Waals surface area contributed by atoms with Gasteiger partial charge in [0.2, 0.25) is 17.7 Å². The molecule has 8 nitrogen and oxygen atoms in total. The smallest absolute Gasteiger partial charge is 0.316 e. The summed E-state index contributed by atoms with van der Waals surface area (Å²) in [6, 6.07) is 13.5. The first kappa shape index (κ1) is 22.1. The van der Waals surface area contributed by atoms with Gasteiger partial charge in [0.1, 0.15) is 11.5 Å². The number of imide groups is 1. The maximum atomic E-state index is 12.8. The van der Waals surface area contributed by atoms with Crippen LogP contribution >= 0.6 is 0 Å². The quantitative estimate of drug-likeness (QED) is 0.384. The van der Waals surface area contributed by atoms with Crippen molar-refractivity contribution in [3.8, 4) is 11.5 Å². The number of benzene rings is 2. The molecule has 2 heterocycles. The van der Waals surface area contributed by atoms with Gasteiger partial charge in [-0.3, -0.25) is 24.1 Å². The largest absolute Gasteiger partial charge is 0.497 e. The molecule has 0 unspecified atom stereocenters. The molecule has 0 radical (unpaired) electrons. The van der Waals surface area contributed by atoms with Crippen molar-refractivity contribution in [3.05, 3.63) is 48.5 Å². The third kappa shape index (κ3) is 3.93. The van der Waals surface area contributed by atoms with Crippen LogP contribution in [0.3, 0.4) is 0 Å². The first-order valence-electron chi connectivity index (χ1n) is 11.6. The third-order valence-electron chi connectivity index (χ3n) is 6.98. The molecule has 3 fully saturated rings. The van der Waals surface area contributed by atoms with E-state index in [2.05, 4.69) is 0 Å². The predicted octanol–water partition coefficient (Wildman–Crippen LogP) is 3.33. The van der Waals surface area contributed by atoms with Crippen LogP contribution in [0.15, 0.2) is 48.5 Å². The molecule has 5 rings (SSSR count). The summed E-state index contributed by atoms with van der Waals surface area (Å²) < 4.78 is 10.7. The Morgan fingerprint density at radius 1 is 0.882 bits per heavy atom. The minimum atomic E-state index is -0.594. The van der Waals surface area contributed by atoms with Gasteiger partial charge in [-0.2, -0.15) is 0 Å². The lowest BCUT2D eigenvalue weighted by atomic mass is 9.81. The van der Waals surface area contributed by atoms with Crippen molar-refractivity contribution in [1.29, 1.82) is 0 Å². The van der Waals surface area contributed by atoms with Crippen LogP contribution in [0, 0.1) is 17.8 Å². The lowest BCUT2D eigenvalue weighted by Gasteiger charge is -2.19. The van der Waals surface area contributed by atoms with E-state index in [1.54, 1.807) is 60.5 Å². The molecule has 0 spiro atoms. The number of carbonyl (C=O) groups excluding carboxylic acids is 4. The predicted molar refractivity (Wildman–Crippen MR) is 123 cm³/mol. The van der Waals surface area contributed by atoms with Gasteiger partial charge in [0, 0.05) is 24.7 Å². The minimum Gasteiger partial charge on any atom is -0.497 e. The topological polar surface area (TPSA) is 93.2 Å². The second-order valence-corrected chi connectivity index (χ2v) is 9.03. The molecule has 8 heteroatoms. The number of hydrogen-bond donors (Lipinski definition) is 0. The number of methoxy groups -OCH3 is 1. The summed E-state index contributed by atoms with van der Waals surface area (Å²) in [7, 11) is 1.55. The molecule has 3 amide bonds. The number of amides is 3. The molecule has 1 aliphatic carbocycles. The van der Waals surface area contributed by atoms with Crippen LogP contribution in [0.2, 0.25) is 0 Å². The van der Waals surface area contributed by atoms with Crippen molar-refractivity contribution < 1.29 is 28.7 Å². The zero-order chi connectivity index (χ0) is 23.8. The summed E-state index contributed by atoms with van der Waals surface area (Å²) in [4.78, 5) is 53.6. The summed E-state index contributed by atoms with van der Waals surface area (Å²) in [5.41, 5.74) is 1.16. The summed E-state index contributed by atoms with van der Waals surface area (Å²) in [6.07, 6.45) is 3.53. The molecule has 0 aromatic heterocycles. The van der Waals surface area contributed by atoms with E-state index in [-0.39, 0.29) is 42.5 Å². The maximum Gasteiger partial charge on any atom is 0.316 e. The van der Waals surface area contributed by atoms with Crippen molar-refractivity contribution in [3.63, 3.8) is 0 Å². The highest BCUT2D eigenvalue weighted by molar-refractivity contribution is 6.22. The Labute approximate surface area is 197 Å². The molecule has 1 saturated carbocycles. The molecule has 2 aliphatic heterocycles. The van der Waals surface area contributed by atoms with Gasteiger partial charge in [0.15, 0.2) is 0 Å². The SMILES string of the molecule is COc1cccc(N2C[C@H](C(=O)Oc3ccc(N4C(=O)[C@@H]5CCCC[C@H]5C4=O)cc3)CC2=O)c1. The molecule has 176 valence electrons. The average molecular weight is 463 g/mol. The van der Waals surface area contributed by atoms with Gasteiger partial charge in [-0.05, 0) is 49.2 Å². The second-order valence-electron chi connectivity index (χ2n) is 9.03. The number of rotatable bonds is 5. The van der Waals surface area contributed by atoms with E-state index in [9.17, 15) is 19.2 Å². The molecule has 3 aliphatic rings. The molecule has 0 N–H and O–H groups in total. The fourth-order valence-corrected chi connectivity index (χ4v) is 5.17. The zero-order valence-corrected chi connectivity index (χ0v) is 18.9. The van der Waals surface area contributed by atoms with Crippen LogP contribution in [0.25, 0.3) is 0 Å². The van der Waals surface area contributed by atoms with E-state index in [4.69, 9.17) is 9.47 Å². The Hall–Kier alpha value is -3.68. The van der Waals surface area contributed by atoms with Gasteiger partial charge >= 0.3 is 5.97 Å². The van der Waals surface area contributed by atoms with Gasteiger partial charge in [0.25, 0.3) is 0 Å². The van der Waals surface area contributed by atoms with Gasteiger partial charge in [-0.25, -0.2) is 0 Å². The van der Waals surface area contributed by atoms with E-state index in [1.807, 2.05) is 0 Å². The number of hydrogen-bond acceptors (Lipinski definition) is 6. The van der Waals surface area contributed by atoms with E-state index < -0.39 is 11.9 Å². The Bertz CT molecular complexity index is 1120. The van der Waals surface area contributed by atoms with Crippen LogP contribution in [-0.4, -0.2) is 37.3 Å². The van der Waals surface area contributed by atoms with Crippen LogP contribution in [-0.2, 0) is 19.2 Å². The highest BCUT2D eigenvalue weighted by Gasteiger charge is 2.48. The Morgan fingerprint density at radius 3 is 2.21 bits per heavy atom. The fourth-order valence-electron chi connectivity index (χ4n) is 5.17. The molecular weight excluding hydrogens is 436 g/mol. The Morgan fingerprint density at radius 2 is 1.56 bits per heavy atom. The number of nitrogens with zero attached hydrogens (tertiary/aromatic N) is 2. The summed E-state index contributed by atoms with van der Waals surface area (Å²) >= 11 is 0. The monoisotopic (exact) mass is 462 g/mol. The first-order valence-corrected chi connectivity index (χ1v) is 11.6. The van der Waals surface area contributed by atoms with Gasteiger partial charge in [-0.1, -0.05) is 18.9 Å². The van der Waals surface area contributed by atoms with Crippen LogP contribution in [0.1, 0.15) is 32.1 Å². The van der Waals surface area contributed by atoms with Crippen LogP contribution in [0.4, 0.5) is 11.4 Å². The lowest BCUT2D eigenvalue weighted by molar-refractivity contribution is -0.139. The molecule has 34 heavy (non-hydrogen) atoms. The number of fused-ring (bicyclic) bond motifs is 1. The molecule has 0 bridgehead atoms. The van der Waals surface area contributed by atoms with Gasteiger partial charge in [0.05, 0.1) is 30.6 Å². The van der Waals surface area contributed by atoms with Crippen molar-refractivity contribution in [2.45, 2.75) is 32.1 Å². The summed E-state index contributed by atoms with van der Waals surface area (Å²) in [5.74, 6) is -1.02. The summed E-state index contributed by atoms with van der Waals surface area (Å²) in [6.45, 7) is 0.225. The van der Waals surface area contributed by atoms with E-state index in [0.717, 1.165) is 25.7 Å². The van der Waals surface area contributed by atoms with E-state index >= 15 is 0 Å². The molecule has 3 atom stereocenters. The molecule has 2 aromatic rings. The van der Waals surface area contributed by atoms with E-state index in [0.29, 0.717) is 22.9 Å². The first-order chi connectivity index (χ1) is 16.5. The van der Waals surface area contributed by atoms with Crippen molar-refractivity contribution in [2.75, 3.05) is 23.5 Å². The number of anilines is 2. The third-order valence-corrected chi connectivity index (χ3v) is 6.98. The zero-order valence-electron chi connectivity index (χ0n) is 18.9. The standard InChI is InChI=1S/C26H26N2O6/c1-33-20-6-4-5-18(14-20)27-15-16(13-23(27)29)26(32)34-19-11-9-17(10-12-19)28-24(30)21-7-2-3-8-22(21)25(28)31/h4-6,9-12,14,16,21-22H,2-3,7-8,13,15H2,1H3/t16-,21-,22-/m1/s1. The normalized spacial score (nSPS) is 24.4. The second kappa shape index (κ2) is 8.93. The van der Waals surface area contributed by atoms with Crippen LogP contribution < -0.4 is 19.3 Å². The molecule has 2 saturated heterocycles. The number of ether oxygens (including phenoxy) is 2. The summed E-state index contributed by atoms with van der Waals surface area (Å²) in [5, 5.41) is 0. The highest BCUT2D eigenvalue weighted by atomic mass is 16.5. The van der Waals surface area contributed by atoms with E-state index in [1.165, 1.54) is 4.90 Å². The highest BCUT2D eigenvalue weighted by Crippen LogP contribution is 2.40. The molecule has 2 aromatic carbocycles. The minimum absolute atomic E-state index is 0.0632. The van der Waals surface area contributed by atoms with Crippen LogP contribution in [0.5, 0.6) is 11.5 Å².